The second-order valence-corrected chi connectivity index (χ2v) is 4.33. The number of aliphatic hydroxyl groups is 1. The number of para-hydroxylation sites is 1. The van der Waals surface area contributed by atoms with Crippen LogP contribution in [-0.2, 0) is 0 Å². The van der Waals surface area contributed by atoms with Crippen LogP contribution in [0.4, 0.5) is 0 Å². The van der Waals surface area contributed by atoms with Crippen LogP contribution in [0.25, 0.3) is 10.9 Å². The Kier molecular flexibility index (Phi) is 2.61. The van der Waals surface area contributed by atoms with Crippen molar-refractivity contribution < 1.29 is 9.52 Å². The quantitative estimate of drug-likeness (QED) is 0.746. The highest BCUT2D eigenvalue weighted by molar-refractivity contribution is 5.83. The van der Waals surface area contributed by atoms with Crippen molar-refractivity contribution in [2.75, 3.05) is 0 Å². The van der Waals surface area contributed by atoms with Crippen molar-refractivity contribution in [1.82, 2.24) is 4.98 Å². The number of aryl methyl sites for hydroxylation is 1. The van der Waals surface area contributed by atoms with Gasteiger partial charge in [0.1, 0.15) is 6.10 Å². The van der Waals surface area contributed by atoms with Crippen LogP contribution in [0.2, 0.25) is 0 Å². The Morgan fingerprint density at radius 3 is 2.83 bits per heavy atom. The molecule has 0 aliphatic rings. The lowest BCUT2D eigenvalue weighted by Crippen LogP contribution is -2.01. The molecular weight excluding hydrogens is 226 g/mol. The second-order valence-electron chi connectivity index (χ2n) is 4.33. The summed E-state index contributed by atoms with van der Waals surface area (Å²) in [7, 11) is 0. The average Bonchev–Trinajstić information content (AvgIpc) is 2.90. The molecule has 1 N–H and O–H groups in total. The molecule has 1 aromatic carbocycles. The Morgan fingerprint density at radius 2 is 2.06 bits per heavy atom. The molecule has 0 aliphatic carbocycles. The minimum absolute atomic E-state index is 0.685. The van der Waals surface area contributed by atoms with Crippen molar-refractivity contribution in [1.29, 1.82) is 0 Å². The molecule has 0 radical (unpaired) electrons. The van der Waals surface area contributed by atoms with Crippen LogP contribution >= 0.6 is 0 Å². The molecule has 1 atom stereocenters. The minimum atomic E-state index is -0.685. The average molecular weight is 239 g/mol. The van der Waals surface area contributed by atoms with Crippen LogP contribution in [0.5, 0.6) is 0 Å². The van der Waals surface area contributed by atoms with E-state index in [1.807, 2.05) is 37.3 Å². The molecule has 3 aromatic rings. The van der Waals surface area contributed by atoms with Crippen molar-refractivity contribution in [3.05, 3.63) is 65.7 Å². The lowest BCUT2D eigenvalue weighted by atomic mass is 9.99. The maximum Gasteiger partial charge on any atom is 0.108 e. The van der Waals surface area contributed by atoms with Crippen LogP contribution < -0.4 is 0 Å². The first-order chi connectivity index (χ1) is 8.75. The third-order valence-electron chi connectivity index (χ3n) is 3.03. The summed E-state index contributed by atoms with van der Waals surface area (Å²) in [6.45, 7) is 1.93. The van der Waals surface area contributed by atoms with E-state index in [9.17, 15) is 5.11 Å². The van der Waals surface area contributed by atoms with E-state index in [2.05, 4.69) is 4.98 Å². The molecule has 0 saturated carbocycles. The van der Waals surface area contributed by atoms with E-state index in [1.165, 1.54) is 0 Å². The molecule has 2 aromatic heterocycles. The van der Waals surface area contributed by atoms with Gasteiger partial charge in [0.15, 0.2) is 0 Å². The van der Waals surface area contributed by atoms with Gasteiger partial charge in [-0.05, 0) is 30.7 Å². The second kappa shape index (κ2) is 4.27. The normalized spacial score (nSPS) is 12.8. The number of furan rings is 1. The summed E-state index contributed by atoms with van der Waals surface area (Å²) >= 11 is 0. The highest BCUT2D eigenvalue weighted by Gasteiger charge is 2.15. The van der Waals surface area contributed by atoms with E-state index in [0.29, 0.717) is 0 Å². The summed E-state index contributed by atoms with van der Waals surface area (Å²) < 4.78 is 5.02. The number of aliphatic hydroxyl groups excluding tert-OH is 1. The number of pyridine rings is 1. The predicted octanol–water partition coefficient (Wildman–Crippen LogP) is 3.22. The Hall–Kier alpha value is -2.13. The number of hydrogen-bond donors (Lipinski definition) is 1. The van der Waals surface area contributed by atoms with Gasteiger partial charge in [-0.1, -0.05) is 18.2 Å². The summed E-state index contributed by atoms with van der Waals surface area (Å²) in [6.07, 6.45) is 2.44. The predicted molar refractivity (Wildman–Crippen MR) is 69.2 cm³/mol. The van der Waals surface area contributed by atoms with Gasteiger partial charge >= 0.3 is 0 Å². The molecule has 0 bridgehead atoms. The molecule has 0 spiro atoms. The van der Waals surface area contributed by atoms with Crippen molar-refractivity contribution in [2.24, 2.45) is 0 Å². The van der Waals surface area contributed by atoms with Gasteiger partial charge in [-0.3, -0.25) is 4.98 Å². The van der Waals surface area contributed by atoms with E-state index < -0.39 is 6.10 Å². The maximum atomic E-state index is 10.4. The fourth-order valence-corrected chi connectivity index (χ4v) is 2.18. The number of aromatic nitrogens is 1. The highest BCUT2D eigenvalue weighted by Crippen LogP contribution is 2.28. The highest BCUT2D eigenvalue weighted by atomic mass is 16.3. The zero-order valence-electron chi connectivity index (χ0n) is 10.00. The lowest BCUT2D eigenvalue weighted by Gasteiger charge is -2.12. The Bertz CT molecular complexity index is 674. The number of hydrogen-bond acceptors (Lipinski definition) is 3. The molecular formula is C15H13NO2. The topological polar surface area (TPSA) is 46.3 Å². The summed E-state index contributed by atoms with van der Waals surface area (Å²) in [5.41, 5.74) is 3.41. The van der Waals surface area contributed by atoms with Crippen LogP contribution in [-0.4, -0.2) is 10.1 Å². The first kappa shape index (κ1) is 11.0. The van der Waals surface area contributed by atoms with E-state index >= 15 is 0 Å². The van der Waals surface area contributed by atoms with Crippen molar-refractivity contribution in [2.45, 2.75) is 13.0 Å². The molecule has 18 heavy (non-hydrogen) atoms. The first-order valence-electron chi connectivity index (χ1n) is 5.82. The van der Waals surface area contributed by atoms with E-state index in [4.69, 9.17) is 4.42 Å². The van der Waals surface area contributed by atoms with Gasteiger partial charge < -0.3 is 9.52 Å². The van der Waals surface area contributed by atoms with Gasteiger partial charge in [-0.25, -0.2) is 0 Å². The van der Waals surface area contributed by atoms with Crippen molar-refractivity contribution in [3.8, 4) is 0 Å². The van der Waals surface area contributed by atoms with Gasteiger partial charge in [-0.2, -0.15) is 0 Å². The Balaban J connectivity index is 2.22. The van der Waals surface area contributed by atoms with E-state index in [1.54, 1.807) is 18.6 Å². The number of nitrogens with zero attached hydrogens (tertiary/aromatic N) is 1. The molecule has 0 fully saturated rings. The zero-order chi connectivity index (χ0) is 12.5. The first-order valence-corrected chi connectivity index (χ1v) is 5.82. The summed E-state index contributed by atoms with van der Waals surface area (Å²) in [6, 6.07) is 11.5. The van der Waals surface area contributed by atoms with Crippen LogP contribution in [0.1, 0.15) is 22.9 Å². The molecule has 2 heterocycles. The Morgan fingerprint density at radius 1 is 1.22 bits per heavy atom. The number of benzene rings is 1. The van der Waals surface area contributed by atoms with E-state index in [0.717, 1.165) is 27.7 Å². The van der Waals surface area contributed by atoms with Gasteiger partial charge in [0.25, 0.3) is 0 Å². The molecule has 0 aliphatic heterocycles. The van der Waals surface area contributed by atoms with Gasteiger partial charge in [0, 0.05) is 16.6 Å². The number of fused-ring (bicyclic) bond motifs is 1. The van der Waals surface area contributed by atoms with Crippen molar-refractivity contribution >= 4 is 10.9 Å². The summed E-state index contributed by atoms with van der Waals surface area (Å²) in [5.74, 6) is 0. The largest absolute Gasteiger partial charge is 0.472 e. The van der Waals surface area contributed by atoms with Gasteiger partial charge in [0.05, 0.1) is 18.0 Å². The third kappa shape index (κ3) is 1.79. The molecule has 3 heteroatoms. The standard InChI is InChI=1S/C15H13NO2/c1-10-8-13(15(17)11-6-7-18-9-11)12-4-2-3-5-14(12)16-10/h2-9,15,17H,1H3. The Labute approximate surface area is 105 Å². The van der Waals surface area contributed by atoms with Crippen molar-refractivity contribution in [3.63, 3.8) is 0 Å². The van der Waals surface area contributed by atoms with Gasteiger partial charge in [0.2, 0.25) is 0 Å². The molecule has 3 rings (SSSR count). The molecule has 0 saturated heterocycles. The zero-order valence-corrected chi connectivity index (χ0v) is 10.00. The lowest BCUT2D eigenvalue weighted by molar-refractivity contribution is 0.220. The minimum Gasteiger partial charge on any atom is -0.472 e. The van der Waals surface area contributed by atoms with Gasteiger partial charge in [-0.15, -0.1) is 0 Å². The van der Waals surface area contributed by atoms with Crippen LogP contribution in [0.3, 0.4) is 0 Å². The van der Waals surface area contributed by atoms with Crippen LogP contribution in [0, 0.1) is 6.92 Å². The monoisotopic (exact) mass is 239 g/mol. The number of rotatable bonds is 2. The fraction of sp³-hybridized carbons (Fsp3) is 0.133. The molecule has 90 valence electrons. The fourth-order valence-electron chi connectivity index (χ4n) is 2.18. The molecule has 3 nitrogen and oxygen atoms in total. The molecule has 1 unspecified atom stereocenters. The smallest absolute Gasteiger partial charge is 0.108 e. The summed E-state index contributed by atoms with van der Waals surface area (Å²) in [4.78, 5) is 4.47. The maximum absolute atomic E-state index is 10.4. The SMILES string of the molecule is Cc1cc(C(O)c2ccoc2)c2ccccc2n1. The van der Waals surface area contributed by atoms with E-state index in [-0.39, 0.29) is 0 Å². The summed E-state index contributed by atoms with van der Waals surface area (Å²) in [5, 5.41) is 11.4. The van der Waals surface area contributed by atoms with Crippen LogP contribution in [0.15, 0.2) is 53.3 Å². The molecule has 0 amide bonds. The third-order valence-corrected chi connectivity index (χ3v) is 3.03.